The highest BCUT2D eigenvalue weighted by Gasteiger charge is 2.05. The first-order valence-corrected chi connectivity index (χ1v) is 5.14. The quantitative estimate of drug-likeness (QED) is 0.740. The van der Waals surface area contributed by atoms with Crippen LogP contribution in [0, 0.1) is 13.8 Å². The molecule has 1 N–H and O–H groups in total. The van der Waals surface area contributed by atoms with E-state index < -0.39 is 0 Å². The molecule has 3 heteroatoms. The van der Waals surface area contributed by atoms with Crippen LogP contribution in [0.3, 0.4) is 0 Å². The van der Waals surface area contributed by atoms with Crippen molar-refractivity contribution in [1.82, 2.24) is 9.97 Å². The van der Waals surface area contributed by atoms with Gasteiger partial charge in [-0.25, -0.2) is 4.98 Å². The van der Waals surface area contributed by atoms with Crippen molar-refractivity contribution >= 4 is 5.71 Å². The standard InChI is InChI=1S/C12H19N3/c1-7(2)8(3)13-11(6)12-14-9(4)10(5)15-12/h1-6H3,(H,14,15). The van der Waals surface area contributed by atoms with Crippen molar-refractivity contribution in [3.8, 4) is 0 Å². The van der Waals surface area contributed by atoms with Crippen molar-refractivity contribution in [3.63, 3.8) is 0 Å². The summed E-state index contributed by atoms with van der Waals surface area (Å²) in [6.07, 6.45) is 0. The zero-order valence-corrected chi connectivity index (χ0v) is 10.4. The Morgan fingerprint density at radius 1 is 1.13 bits per heavy atom. The van der Waals surface area contributed by atoms with Crippen LogP contribution in [0.2, 0.25) is 0 Å². The Morgan fingerprint density at radius 2 is 1.73 bits per heavy atom. The van der Waals surface area contributed by atoms with Crippen molar-refractivity contribution in [2.45, 2.75) is 41.5 Å². The summed E-state index contributed by atoms with van der Waals surface area (Å²) in [6, 6.07) is 0. The van der Waals surface area contributed by atoms with Crippen molar-refractivity contribution in [2.75, 3.05) is 0 Å². The fourth-order valence-electron chi connectivity index (χ4n) is 1.14. The van der Waals surface area contributed by atoms with Crippen LogP contribution in [0.1, 0.15) is 44.9 Å². The predicted molar refractivity (Wildman–Crippen MR) is 64.3 cm³/mol. The second kappa shape index (κ2) is 4.43. The zero-order valence-electron chi connectivity index (χ0n) is 10.4. The molecule has 1 aromatic heterocycles. The summed E-state index contributed by atoms with van der Waals surface area (Å²) in [4.78, 5) is 12.1. The van der Waals surface area contributed by atoms with Crippen LogP contribution in [0.25, 0.3) is 0 Å². The molecule has 0 saturated carbocycles. The summed E-state index contributed by atoms with van der Waals surface area (Å²) >= 11 is 0. The molecule has 0 unspecified atom stereocenters. The Kier molecular flexibility index (Phi) is 3.45. The normalized spacial score (nSPS) is 11.7. The molecule has 0 aromatic carbocycles. The van der Waals surface area contributed by atoms with E-state index in [0.29, 0.717) is 0 Å². The number of H-pyrrole nitrogens is 1. The molecular weight excluding hydrogens is 186 g/mol. The van der Waals surface area contributed by atoms with E-state index in [4.69, 9.17) is 0 Å². The van der Waals surface area contributed by atoms with E-state index in [2.05, 4.69) is 28.8 Å². The second-order valence-corrected chi connectivity index (χ2v) is 4.08. The van der Waals surface area contributed by atoms with Crippen LogP contribution in [-0.2, 0) is 0 Å². The van der Waals surface area contributed by atoms with Gasteiger partial charge in [0.25, 0.3) is 0 Å². The van der Waals surface area contributed by atoms with Crippen LogP contribution < -0.4 is 0 Å². The van der Waals surface area contributed by atoms with E-state index >= 15 is 0 Å². The molecule has 0 amide bonds. The number of imidazole rings is 1. The lowest BCUT2D eigenvalue weighted by Gasteiger charge is -1.99. The maximum Gasteiger partial charge on any atom is 0.151 e. The Balaban J connectivity index is 3.05. The van der Waals surface area contributed by atoms with Gasteiger partial charge in [-0.15, -0.1) is 0 Å². The summed E-state index contributed by atoms with van der Waals surface area (Å²) in [7, 11) is 0. The van der Waals surface area contributed by atoms with Crippen LogP contribution in [0.5, 0.6) is 0 Å². The number of aryl methyl sites for hydroxylation is 2. The molecule has 0 spiro atoms. The van der Waals surface area contributed by atoms with Gasteiger partial charge in [0, 0.05) is 11.4 Å². The van der Waals surface area contributed by atoms with E-state index in [0.717, 1.165) is 28.6 Å². The molecule has 0 bridgehead atoms. The maximum atomic E-state index is 4.50. The third-order valence-electron chi connectivity index (χ3n) is 2.53. The number of aromatic nitrogens is 2. The molecule has 1 rings (SSSR count). The van der Waals surface area contributed by atoms with Gasteiger partial charge in [0.2, 0.25) is 0 Å². The van der Waals surface area contributed by atoms with Gasteiger partial charge in [0.05, 0.1) is 11.4 Å². The molecular formula is C12H19N3. The molecule has 3 nitrogen and oxygen atoms in total. The molecule has 0 saturated heterocycles. The van der Waals surface area contributed by atoms with Gasteiger partial charge in [-0.3, -0.25) is 4.99 Å². The van der Waals surface area contributed by atoms with Crippen LogP contribution >= 0.6 is 0 Å². The van der Waals surface area contributed by atoms with E-state index in [1.54, 1.807) is 0 Å². The molecule has 0 aliphatic heterocycles. The van der Waals surface area contributed by atoms with Crippen LogP contribution in [0.15, 0.2) is 16.3 Å². The number of nitrogens with zero attached hydrogens (tertiary/aromatic N) is 2. The highest BCUT2D eigenvalue weighted by Crippen LogP contribution is 2.08. The van der Waals surface area contributed by atoms with Gasteiger partial charge < -0.3 is 4.98 Å². The molecule has 1 aromatic rings. The van der Waals surface area contributed by atoms with Gasteiger partial charge >= 0.3 is 0 Å². The van der Waals surface area contributed by atoms with Gasteiger partial charge in [0.15, 0.2) is 5.82 Å². The number of nitrogens with one attached hydrogen (secondary N) is 1. The molecule has 15 heavy (non-hydrogen) atoms. The first kappa shape index (κ1) is 11.7. The molecule has 1 heterocycles. The van der Waals surface area contributed by atoms with Gasteiger partial charge in [0.1, 0.15) is 0 Å². The smallest absolute Gasteiger partial charge is 0.151 e. The van der Waals surface area contributed by atoms with Gasteiger partial charge in [-0.1, -0.05) is 5.57 Å². The number of rotatable bonds is 2. The number of hydrogen-bond acceptors (Lipinski definition) is 2. The minimum Gasteiger partial charge on any atom is -0.341 e. The summed E-state index contributed by atoms with van der Waals surface area (Å²) in [5.41, 5.74) is 5.36. The molecule has 0 atom stereocenters. The number of hydrogen-bond donors (Lipinski definition) is 1. The topological polar surface area (TPSA) is 41.0 Å². The van der Waals surface area contributed by atoms with Crippen molar-refractivity contribution < 1.29 is 0 Å². The van der Waals surface area contributed by atoms with Gasteiger partial charge in [-0.05, 0) is 41.5 Å². The lowest BCUT2D eigenvalue weighted by Crippen LogP contribution is -1.98. The first-order valence-electron chi connectivity index (χ1n) is 5.14. The van der Waals surface area contributed by atoms with Crippen molar-refractivity contribution in [1.29, 1.82) is 0 Å². The fourth-order valence-corrected chi connectivity index (χ4v) is 1.14. The zero-order chi connectivity index (χ0) is 11.6. The minimum absolute atomic E-state index is 0.866. The molecule has 0 aliphatic carbocycles. The largest absolute Gasteiger partial charge is 0.341 e. The SMILES string of the molecule is CC(=NC(C)=C(C)C)c1nc(C)c(C)[nH]1. The minimum atomic E-state index is 0.866. The average Bonchev–Trinajstić information content (AvgIpc) is 2.46. The summed E-state index contributed by atoms with van der Waals surface area (Å²) < 4.78 is 0. The monoisotopic (exact) mass is 205 g/mol. The highest BCUT2D eigenvalue weighted by molar-refractivity contribution is 5.96. The molecule has 82 valence electrons. The molecule has 0 radical (unpaired) electrons. The predicted octanol–water partition coefficient (Wildman–Crippen LogP) is 3.15. The second-order valence-electron chi connectivity index (χ2n) is 4.08. The fraction of sp³-hybridized carbons (Fsp3) is 0.500. The lowest BCUT2D eigenvalue weighted by molar-refractivity contribution is 1.15. The highest BCUT2D eigenvalue weighted by atomic mass is 15.0. The van der Waals surface area contributed by atoms with E-state index in [1.807, 2.05) is 27.7 Å². The van der Waals surface area contributed by atoms with Crippen LogP contribution in [-0.4, -0.2) is 15.7 Å². The number of aliphatic imine (C=N–C) groups is 1. The Hall–Kier alpha value is -1.38. The summed E-state index contributed by atoms with van der Waals surface area (Å²) in [5.74, 6) is 0.866. The Morgan fingerprint density at radius 3 is 2.13 bits per heavy atom. The third kappa shape index (κ3) is 2.78. The summed E-state index contributed by atoms with van der Waals surface area (Å²) in [5, 5.41) is 0. The summed E-state index contributed by atoms with van der Waals surface area (Å²) in [6.45, 7) is 12.1. The Bertz CT molecular complexity index is 399. The third-order valence-corrected chi connectivity index (χ3v) is 2.53. The van der Waals surface area contributed by atoms with Crippen molar-refractivity contribution in [3.05, 3.63) is 28.5 Å². The van der Waals surface area contributed by atoms with E-state index in [9.17, 15) is 0 Å². The van der Waals surface area contributed by atoms with Crippen LogP contribution in [0.4, 0.5) is 0 Å². The number of allylic oxidation sites excluding steroid dienone is 2. The van der Waals surface area contributed by atoms with E-state index in [1.165, 1.54) is 5.57 Å². The molecule has 0 aliphatic rings. The molecule has 0 fully saturated rings. The van der Waals surface area contributed by atoms with Gasteiger partial charge in [-0.2, -0.15) is 0 Å². The van der Waals surface area contributed by atoms with Crippen molar-refractivity contribution in [2.24, 2.45) is 4.99 Å². The maximum absolute atomic E-state index is 4.50. The Labute approximate surface area is 91.4 Å². The van der Waals surface area contributed by atoms with E-state index in [-0.39, 0.29) is 0 Å². The number of aromatic amines is 1. The lowest BCUT2D eigenvalue weighted by atomic mass is 10.3. The first-order chi connectivity index (χ1) is 6.91. The average molecular weight is 205 g/mol.